The number of anilines is 1. The number of nitrogens with zero attached hydrogens (tertiary/aromatic N) is 3. The third-order valence-electron chi connectivity index (χ3n) is 6.08. The molecule has 2 aromatic carbocycles. The summed E-state index contributed by atoms with van der Waals surface area (Å²) in [6.45, 7) is 14.8. The molecule has 1 atom stereocenters. The summed E-state index contributed by atoms with van der Waals surface area (Å²) in [5.41, 5.74) is 4.57. The number of hydrogen-bond acceptors (Lipinski definition) is 7. The van der Waals surface area contributed by atoms with Gasteiger partial charge in [0.25, 0.3) is 0 Å². The second kappa shape index (κ2) is 11.3. The highest BCUT2D eigenvalue weighted by Crippen LogP contribution is 2.37. The number of aromatic nitrogens is 3. The summed E-state index contributed by atoms with van der Waals surface area (Å²) < 4.78 is 13.2. The molecule has 0 amide bonds. The van der Waals surface area contributed by atoms with E-state index in [1.807, 2.05) is 31.2 Å². The van der Waals surface area contributed by atoms with Crippen molar-refractivity contribution in [3.63, 3.8) is 0 Å². The number of hydrogen-bond donors (Lipinski definition) is 1. The Hall–Kier alpha value is -3.52. The minimum absolute atomic E-state index is 0.119. The number of carbonyl (C=O) groups excluding carboxylic acids is 1. The highest BCUT2D eigenvalue weighted by atomic mass is 32.2. The molecule has 0 aliphatic carbocycles. The second-order valence-electron chi connectivity index (χ2n) is 9.85. The fraction of sp³-hybridized carbons (Fsp3) is 0.345. The average molecular weight is 519 g/mol. The van der Waals surface area contributed by atoms with Gasteiger partial charge < -0.3 is 14.8 Å². The maximum atomic E-state index is 13.0. The summed E-state index contributed by atoms with van der Waals surface area (Å²) in [4.78, 5) is 17.6. The van der Waals surface area contributed by atoms with Crippen LogP contribution in [-0.2, 0) is 21.6 Å². The quantitative estimate of drug-likeness (QED) is 0.203. The van der Waals surface area contributed by atoms with E-state index < -0.39 is 12.0 Å². The first-order valence-corrected chi connectivity index (χ1v) is 13.4. The van der Waals surface area contributed by atoms with E-state index in [9.17, 15) is 4.79 Å². The van der Waals surface area contributed by atoms with Crippen molar-refractivity contribution in [2.75, 3.05) is 17.7 Å². The van der Waals surface area contributed by atoms with Crippen LogP contribution in [0.1, 0.15) is 57.4 Å². The summed E-state index contributed by atoms with van der Waals surface area (Å²) in [6.07, 6.45) is 1.55. The first-order chi connectivity index (χ1) is 17.7. The van der Waals surface area contributed by atoms with Gasteiger partial charge in [0.15, 0.2) is 0 Å². The lowest BCUT2D eigenvalue weighted by Crippen LogP contribution is -2.29. The van der Waals surface area contributed by atoms with Gasteiger partial charge in [-0.25, -0.2) is 9.48 Å². The number of carbonyl (C=O) groups is 1. The minimum atomic E-state index is -0.480. The molecular weight excluding hydrogens is 484 g/mol. The fourth-order valence-electron chi connectivity index (χ4n) is 4.12. The summed E-state index contributed by atoms with van der Waals surface area (Å²) in [7, 11) is 0. The Balaban J connectivity index is 1.57. The van der Waals surface area contributed by atoms with Gasteiger partial charge in [0.1, 0.15) is 25.0 Å². The molecule has 2 heterocycles. The van der Waals surface area contributed by atoms with Gasteiger partial charge in [-0.1, -0.05) is 88.5 Å². The van der Waals surface area contributed by atoms with Gasteiger partial charge in [-0.05, 0) is 46.9 Å². The molecule has 1 N–H and O–H groups in total. The van der Waals surface area contributed by atoms with Gasteiger partial charge in [0.05, 0.1) is 5.57 Å². The lowest BCUT2D eigenvalue weighted by molar-refractivity contribution is -0.138. The van der Waals surface area contributed by atoms with Gasteiger partial charge in [-0.2, -0.15) is 4.98 Å². The maximum Gasteiger partial charge on any atom is 0.338 e. The molecule has 0 spiro atoms. The summed E-state index contributed by atoms with van der Waals surface area (Å²) in [5, 5.41) is 8.55. The smallest absolute Gasteiger partial charge is 0.338 e. The monoisotopic (exact) mass is 518 g/mol. The van der Waals surface area contributed by atoms with E-state index in [-0.39, 0.29) is 12.0 Å². The van der Waals surface area contributed by atoms with Crippen LogP contribution >= 0.6 is 11.8 Å². The number of fused-ring (bicyclic) bond motifs is 1. The van der Waals surface area contributed by atoms with Gasteiger partial charge in [-0.15, -0.1) is 5.10 Å². The SMILES string of the molecule is C=CCOC(=O)C1=C(C)Nc2nc(SCC)nn2C1c1ccc(OCc2ccc(C(C)(C)C)cc2)cc1. The van der Waals surface area contributed by atoms with E-state index in [2.05, 4.69) is 73.9 Å². The van der Waals surface area contributed by atoms with Crippen LogP contribution in [0.15, 0.2) is 77.6 Å². The van der Waals surface area contributed by atoms with Crippen LogP contribution in [0, 0.1) is 0 Å². The van der Waals surface area contributed by atoms with Crippen molar-refractivity contribution in [1.82, 2.24) is 14.8 Å². The predicted octanol–water partition coefficient (Wildman–Crippen LogP) is 6.28. The van der Waals surface area contributed by atoms with Gasteiger partial charge in [-0.3, -0.25) is 0 Å². The van der Waals surface area contributed by atoms with Gasteiger partial charge >= 0.3 is 5.97 Å². The minimum Gasteiger partial charge on any atom is -0.489 e. The molecule has 1 unspecified atom stereocenters. The van der Waals surface area contributed by atoms with Crippen molar-refractivity contribution < 1.29 is 14.3 Å². The van der Waals surface area contributed by atoms with E-state index in [1.165, 1.54) is 5.56 Å². The van der Waals surface area contributed by atoms with Crippen molar-refractivity contribution in [2.45, 2.75) is 57.8 Å². The molecule has 194 valence electrons. The van der Waals surface area contributed by atoms with Crippen LogP contribution in [0.4, 0.5) is 5.95 Å². The lowest BCUT2D eigenvalue weighted by Gasteiger charge is -2.28. The number of nitrogens with one attached hydrogen (secondary N) is 1. The molecule has 1 aliphatic heterocycles. The molecular formula is C29H34N4O3S. The first-order valence-electron chi connectivity index (χ1n) is 12.4. The topological polar surface area (TPSA) is 78.3 Å². The molecule has 0 saturated heterocycles. The predicted molar refractivity (Wildman–Crippen MR) is 148 cm³/mol. The van der Waals surface area contributed by atoms with Gasteiger partial charge in [0.2, 0.25) is 11.1 Å². The van der Waals surface area contributed by atoms with E-state index >= 15 is 0 Å². The Morgan fingerprint density at radius 1 is 1.16 bits per heavy atom. The van der Waals surface area contributed by atoms with Crippen LogP contribution in [0.25, 0.3) is 0 Å². The van der Waals surface area contributed by atoms with Crippen molar-refractivity contribution in [2.24, 2.45) is 0 Å². The molecule has 1 aliphatic rings. The number of benzene rings is 2. The van der Waals surface area contributed by atoms with Crippen molar-refractivity contribution in [1.29, 1.82) is 0 Å². The van der Waals surface area contributed by atoms with Crippen LogP contribution in [0.2, 0.25) is 0 Å². The number of ether oxygens (including phenoxy) is 2. The van der Waals surface area contributed by atoms with E-state index in [0.717, 1.165) is 22.6 Å². The number of allylic oxidation sites excluding steroid dienone is 1. The molecule has 4 rings (SSSR count). The van der Waals surface area contributed by atoms with Crippen molar-refractivity contribution in [3.05, 3.63) is 89.1 Å². The third kappa shape index (κ3) is 6.07. The largest absolute Gasteiger partial charge is 0.489 e. The van der Waals surface area contributed by atoms with Crippen molar-refractivity contribution in [3.8, 4) is 5.75 Å². The molecule has 0 saturated carbocycles. The second-order valence-corrected chi connectivity index (χ2v) is 11.1. The summed E-state index contributed by atoms with van der Waals surface area (Å²) in [6, 6.07) is 15.8. The lowest BCUT2D eigenvalue weighted by atomic mass is 9.87. The highest BCUT2D eigenvalue weighted by molar-refractivity contribution is 7.99. The Morgan fingerprint density at radius 3 is 2.49 bits per heavy atom. The third-order valence-corrected chi connectivity index (χ3v) is 6.80. The number of thioether (sulfide) groups is 1. The highest BCUT2D eigenvalue weighted by Gasteiger charge is 2.35. The summed E-state index contributed by atoms with van der Waals surface area (Å²) >= 11 is 1.55. The van der Waals surface area contributed by atoms with Crippen LogP contribution in [0.3, 0.4) is 0 Å². The van der Waals surface area contributed by atoms with Crippen LogP contribution < -0.4 is 10.1 Å². The Bertz CT molecular complexity index is 1290. The molecule has 37 heavy (non-hydrogen) atoms. The Kier molecular flexibility index (Phi) is 8.07. The van der Waals surface area contributed by atoms with E-state index in [1.54, 1.807) is 22.5 Å². The molecule has 7 nitrogen and oxygen atoms in total. The fourth-order valence-corrected chi connectivity index (χ4v) is 4.68. The van der Waals surface area contributed by atoms with Crippen LogP contribution in [0.5, 0.6) is 5.75 Å². The first kappa shape index (κ1) is 26.5. The summed E-state index contributed by atoms with van der Waals surface area (Å²) in [5.74, 6) is 1.77. The zero-order valence-corrected chi connectivity index (χ0v) is 22.9. The molecule has 8 heteroatoms. The average Bonchev–Trinajstić information content (AvgIpc) is 3.27. The standard InChI is InChI=1S/C29H34N4O3S/c1-7-17-35-26(34)24-19(3)30-27-31-28(37-8-2)32-33(27)25(24)21-11-15-23(16-12-21)36-18-20-9-13-22(14-10-20)29(4,5)6/h7,9-16,25H,1,8,17-18H2,2-6H3,(H,30,31,32). The Labute approximate surface area is 223 Å². The van der Waals surface area contributed by atoms with Crippen molar-refractivity contribution >= 4 is 23.7 Å². The van der Waals surface area contributed by atoms with Crippen LogP contribution in [-0.4, -0.2) is 33.1 Å². The molecule has 0 fully saturated rings. The molecule has 0 radical (unpaired) electrons. The van der Waals surface area contributed by atoms with Gasteiger partial charge in [0, 0.05) is 5.70 Å². The molecule has 3 aromatic rings. The molecule has 1 aromatic heterocycles. The van der Waals surface area contributed by atoms with E-state index in [0.29, 0.717) is 29.0 Å². The zero-order valence-electron chi connectivity index (χ0n) is 22.1. The van der Waals surface area contributed by atoms with E-state index in [4.69, 9.17) is 9.47 Å². The number of esters is 1. The Morgan fingerprint density at radius 2 is 1.86 bits per heavy atom. The maximum absolute atomic E-state index is 13.0. The normalized spacial score (nSPS) is 15.1. The zero-order chi connectivity index (χ0) is 26.6. The molecule has 0 bridgehead atoms. The number of rotatable bonds is 9.